The smallest absolute Gasteiger partial charge is 0.0412 e. The highest BCUT2D eigenvalue weighted by atomic mass is 35.5. The van der Waals surface area contributed by atoms with Crippen LogP contribution in [0.4, 0.5) is 0 Å². The summed E-state index contributed by atoms with van der Waals surface area (Å²) in [7, 11) is 0. The van der Waals surface area contributed by atoms with E-state index >= 15 is 0 Å². The predicted molar refractivity (Wildman–Crippen MR) is 59.9 cm³/mol. The Hall–Kier alpha value is -0.660. The number of hydrogen-bond acceptors (Lipinski definition) is 1. The molecule has 3 rings (SSSR count). The molecule has 1 aromatic rings. The van der Waals surface area contributed by atoms with Crippen molar-refractivity contribution >= 4 is 35.0 Å². The summed E-state index contributed by atoms with van der Waals surface area (Å²) in [5.74, 6) is 1.11. The minimum Gasteiger partial charge on any atom is -0.129 e. The zero-order valence-electron chi connectivity index (χ0n) is 6.88. The first kappa shape index (κ1) is 7.72. The van der Waals surface area contributed by atoms with Crippen molar-refractivity contribution < 1.29 is 0 Å². The normalized spacial score (nSPS) is 17.9. The number of hydrogen-bond donors (Lipinski definition) is 0. The van der Waals surface area contributed by atoms with Gasteiger partial charge in [-0.1, -0.05) is 17.7 Å². The summed E-state index contributed by atoms with van der Waals surface area (Å²) in [6, 6.07) is 6.10. The molecule has 1 aromatic carbocycles. The van der Waals surface area contributed by atoms with Gasteiger partial charge in [-0.25, -0.2) is 0 Å². The minimum absolute atomic E-state index is 0.823. The summed E-state index contributed by atoms with van der Waals surface area (Å²) in [5, 5.41) is 3.06. The second kappa shape index (κ2) is 2.66. The minimum atomic E-state index is 0.823. The van der Waals surface area contributed by atoms with E-state index in [9.17, 15) is 0 Å². The van der Waals surface area contributed by atoms with Crippen LogP contribution in [0.25, 0.3) is 11.6 Å². The van der Waals surface area contributed by atoms with Crippen LogP contribution in [0.3, 0.4) is 0 Å². The Morgan fingerprint density at radius 1 is 1.31 bits per heavy atom. The molecule has 64 valence electrons. The maximum Gasteiger partial charge on any atom is 0.0412 e. The first-order chi connectivity index (χ1) is 6.34. The number of halogens is 1. The van der Waals surface area contributed by atoms with E-state index in [0.29, 0.717) is 0 Å². The van der Waals surface area contributed by atoms with Crippen LogP contribution in [0, 0.1) is 0 Å². The van der Waals surface area contributed by atoms with Crippen molar-refractivity contribution in [1.82, 2.24) is 0 Å². The summed E-state index contributed by atoms with van der Waals surface area (Å²) in [5.41, 5.74) is 5.46. The quantitative estimate of drug-likeness (QED) is 0.622. The number of allylic oxidation sites excluding steroid dienone is 1. The molecule has 1 heterocycles. The summed E-state index contributed by atoms with van der Waals surface area (Å²) in [6.07, 6.45) is 2.24. The van der Waals surface area contributed by atoms with Gasteiger partial charge in [0.15, 0.2) is 0 Å². The topological polar surface area (TPSA) is 0 Å². The van der Waals surface area contributed by atoms with Crippen LogP contribution in [-0.2, 0) is 0 Å². The van der Waals surface area contributed by atoms with E-state index in [2.05, 4.69) is 17.6 Å². The summed E-state index contributed by atoms with van der Waals surface area (Å²) in [6.45, 7) is 0. The van der Waals surface area contributed by atoms with Crippen LogP contribution < -0.4 is 0 Å². The van der Waals surface area contributed by atoms with Crippen LogP contribution in [0.5, 0.6) is 0 Å². The molecule has 13 heavy (non-hydrogen) atoms. The number of thioether (sulfide) groups is 1. The van der Waals surface area contributed by atoms with Crippen molar-refractivity contribution in [2.45, 2.75) is 0 Å². The highest BCUT2D eigenvalue weighted by Gasteiger charge is 2.21. The summed E-state index contributed by atoms with van der Waals surface area (Å²) < 4.78 is 0. The maximum absolute atomic E-state index is 5.93. The van der Waals surface area contributed by atoms with E-state index in [1.807, 2.05) is 23.9 Å². The van der Waals surface area contributed by atoms with Crippen molar-refractivity contribution in [2.75, 3.05) is 5.75 Å². The molecule has 0 saturated heterocycles. The molecule has 0 N–H and O–H groups in total. The van der Waals surface area contributed by atoms with Crippen LogP contribution in [0.2, 0.25) is 5.02 Å². The molecule has 1 aliphatic heterocycles. The van der Waals surface area contributed by atoms with Gasteiger partial charge in [0.2, 0.25) is 0 Å². The lowest BCUT2D eigenvalue weighted by atomic mass is 10.1. The first-order valence-corrected chi connectivity index (χ1v) is 5.60. The van der Waals surface area contributed by atoms with Gasteiger partial charge in [0.1, 0.15) is 0 Å². The van der Waals surface area contributed by atoms with Gasteiger partial charge in [0.05, 0.1) is 0 Å². The van der Waals surface area contributed by atoms with Gasteiger partial charge in [-0.3, -0.25) is 0 Å². The molecule has 0 spiro atoms. The number of rotatable bonds is 0. The molecular weight excluding hydrogens is 200 g/mol. The molecule has 2 heteroatoms. The molecule has 0 amide bonds. The van der Waals surface area contributed by atoms with Crippen LogP contribution in [0.1, 0.15) is 11.1 Å². The van der Waals surface area contributed by atoms with Crippen molar-refractivity contribution in [3.63, 3.8) is 0 Å². The molecule has 0 radical (unpaired) electrons. The van der Waals surface area contributed by atoms with E-state index in [-0.39, 0.29) is 0 Å². The zero-order chi connectivity index (χ0) is 8.84. The van der Waals surface area contributed by atoms with E-state index < -0.39 is 0 Å². The Morgan fingerprint density at radius 2 is 2.23 bits per heavy atom. The first-order valence-electron chi connectivity index (χ1n) is 4.17. The molecule has 0 saturated carbocycles. The highest BCUT2D eigenvalue weighted by Crippen LogP contribution is 2.43. The van der Waals surface area contributed by atoms with Gasteiger partial charge in [-0.15, -0.1) is 11.8 Å². The SMILES string of the molecule is Clc1ccc2c(c1)C=C1CSC=C12. The highest BCUT2D eigenvalue weighted by molar-refractivity contribution is 8.02. The van der Waals surface area contributed by atoms with Crippen molar-refractivity contribution in [1.29, 1.82) is 0 Å². The van der Waals surface area contributed by atoms with E-state index in [0.717, 1.165) is 10.8 Å². The summed E-state index contributed by atoms with van der Waals surface area (Å²) in [4.78, 5) is 0. The van der Waals surface area contributed by atoms with E-state index in [1.165, 1.54) is 22.3 Å². The molecule has 0 atom stereocenters. The van der Waals surface area contributed by atoms with Crippen LogP contribution in [-0.4, -0.2) is 5.75 Å². The average Bonchev–Trinajstić information content (AvgIpc) is 2.62. The molecule has 0 unspecified atom stereocenters. The third kappa shape index (κ3) is 1.07. The largest absolute Gasteiger partial charge is 0.129 e. The molecule has 0 fully saturated rings. The Morgan fingerprint density at radius 3 is 3.15 bits per heavy atom. The monoisotopic (exact) mass is 206 g/mol. The van der Waals surface area contributed by atoms with Gasteiger partial charge < -0.3 is 0 Å². The maximum atomic E-state index is 5.93. The predicted octanol–water partition coefficient (Wildman–Crippen LogP) is 3.82. The lowest BCUT2D eigenvalue weighted by Crippen LogP contribution is -1.80. The number of benzene rings is 1. The molecule has 0 nitrogen and oxygen atoms in total. The Bertz CT molecular complexity index is 443. The van der Waals surface area contributed by atoms with Gasteiger partial charge in [-0.2, -0.15) is 0 Å². The second-order valence-electron chi connectivity index (χ2n) is 3.24. The van der Waals surface area contributed by atoms with E-state index in [4.69, 9.17) is 11.6 Å². The van der Waals surface area contributed by atoms with Crippen LogP contribution >= 0.6 is 23.4 Å². The summed E-state index contributed by atoms with van der Waals surface area (Å²) >= 11 is 7.80. The van der Waals surface area contributed by atoms with E-state index in [1.54, 1.807) is 0 Å². The fourth-order valence-electron chi connectivity index (χ4n) is 1.81. The van der Waals surface area contributed by atoms with Gasteiger partial charge in [0.25, 0.3) is 0 Å². The fourth-order valence-corrected chi connectivity index (χ4v) is 2.94. The average molecular weight is 207 g/mol. The van der Waals surface area contributed by atoms with Gasteiger partial charge in [0, 0.05) is 10.8 Å². The molecule has 0 bridgehead atoms. The number of fused-ring (bicyclic) bond motifs is 3. The lowest BCUT2D eigenvalue weighted by Gasteiger charge is -1.99. The Kier molecular flexibility index (Phi) is 1.58. The zero-order valence-corrected chi connectivity index (χ0v) is 8.45. The Balaban J connectivity index is 2.26. The second-order valence-corrected chi connectivity index (χ2v) is 4.54. The Labute approximate surface area is 86.3 Å². The molecular formula is C11H7ClS. The van der Waals surface area contributed by atoms with Gasteiger partial charge in [-0.05, 0) is 45.9 Å². The van der Waals surface area contributed by atoms with Crippen molar-refractivity contribution in [3.8, 4) is 0 Å². The third-order valence-corrected chi connectivity index (χ3v) is 3.53. The standard InChI is InChI=1S/C11H7ClS/c12-9-1-2-10-7(4-9)3-8-5-13-6-11(8)10/h1-4,6H,5H2. The third-order valence-electron chi connectivity index (χ3n) is 2.42. The lowest BCUT2D eigenvalue weighted by molar-refractivity contribution is 1.61. The van der Waals surface area contributed by atoms with Gasteiger partial charge >= 0.3 is 0 Å². The van der Waals surface area contributed by atoms with Crippen LogP contribution in [0.15, 0.2) is 29.2 Å². The van der Waals surface area contributed by atoms with Crippen molar-refractivity contribution in [2.24, 2.45) is 0 Å². The molecule has 0 aromatic heterocycles. The van der Waals surface area contributed by atoms with Crippen molar-refractivity contribution in [3.05, 3.63) is 45.3 Å². The molecule has 1 aliphatic carbocycles. The molecule has 2 aliphatic rings. The fraction of sp³-hybridized carbons (Fsp3) is 0.0909.